The van der Waals surface area contributed by atoms with Crippen molar-refractivity contribution in [3.8, 4) is 0 Å². The van der Waals surface area contributed by atoms with Crippen molar-refractivity contribution < 1.29 is 19.5 Å². The van der Waals surface area contributed by atoms with E-state index in [0.29, 0.717) is 5.92 Å². The first-order chi connectivity index (χ1) is 11.4. The molecular weight excluding hydrogens is 308 g/mol. The van der Waals surface area contributed by atoms with Crippen molar-refractivity contribution in [2.75, 3.05) is 13.1 Å². The molecule has 6 nitrogen and oxygen atoms in total. The highest BCUT2D eigenvalue weighted by molar-refractivity contribution is 5.85. The average Bonchev–Trinajstić information content (AvgIpc) is 2.56. The fourth-order valence-corrected chi connectivity index (χ4v) is 4.31. The van der Waals surface area contributed by atoms with Crippen LogP contribution in [0.5, 0.6) is 0 Å². The van der Waals surface area contributed by atoms with Gasteiger partial charge in [0.1, 0.15) is 6.04 Å². The third kappa shape index (κ3) is 4.71. The van der Waals surface area contributed by atoms with Gasteiger partial charge in [0.25, 0.3) is 0 Å². The molecule has 0 aliphatic heterocycles. The van der Waals surface area contributed by atoms with Crippen LogP contribution in [0.1, 0.15) is 58.8 Å². The van der Waals surface area contributed by atoms with E-state index in [1.165, 1.54) is 37.5 Å². The molecule has 2 aliphatic rings. The predicted octanol–water partition coefficient (Wildman–Crippen LogP) is 2.03. The van der Waals surface area contributed by atoms with Crippen molar-refractivity contribution in [2.45, 2.75) is 64.8 Å². The van der Waals surface area contributed by atoms with Crippen LogP contribution in [-0.4, -0.2) is 46.9 Å². The fraction of sp³-hybridized carbons (Fsp3) is 0.833. The molecule has 4 atom stereocenters. The highest BCUT2D eigenvalue weighted by Crippen LogP contribution is 2.43. The van der Waals surface area contributed by atoms with E-state index < -0.39 is 12.0 Å². The molecule has 0 spiro atoms. The molecule has 2 rings (SSSR count). The molecule has 2 saturated carbocycles. The zero-order valence-electron chi connectivity index (χ0n) is 14.8. The summed E-state index contributed by atoms with van der Waals surface area (Å²) >= 11 is 0. The average molecular weight is 338 g/mol. The van der Waals surface area contributed by atoms with Crippen LogP contribution in [0.4, 0.5) is 0 Å². The predicted molar refractivity (Wildman–Crippen MR) is 90.3 cm³/mol. The molecule has 2 fully saturated rings. The van der Waals surface area contributed by atoms with Crippen molar-refractivity contribution in [3.63, 3.8) is 0 Å². The summed E-state index contributed by atoms with van der Waals surface area (Å²) in [5.41, 5.74) is 0. The van der Waals surface area contributed by atoms with Crippen LogP contribution in [0, 0.1) is 17.8 Å². The van der Waals surface area contributed by atoms with Crippen molar-refractivity contribution in [1.29, 1.82) is 0 Å². The summed E-state index contributed by atoms with van der Waals surface area (Å²) in [6, 6.07) is -0.865. The Morgan fingerprint density at radius 3 is 2.42 bits per heavy atom. The SMILES string of the molecule is CC(=O)NCCN(C(=O)C1CCC2CCCCC2C1)C(C)C(=O)O. The van der Waals surface area contributed by atoms with Gasteiger partial charge in [-0.25, -0.2) is 4.79 Å². The maximum Gasteiger partial charge on any atom is 0.326 e. The number of hydrogen-bond acceptors (Lipinski definition) is 3. The lowest BCUT2D eigenvalue weighted by molar-refractivity contribution is -0.152. The molecule has 0 aromatic heterocycles. The fourth-order valence-electron chi connectivity index (χ4n) is 4.31. The van der Waals surface area contributed by atoms with Gasteiger partial charge in [0.2, 0.25) is 11.8 Å². The molecule has 0 radical (unpaired) electrons. The smallest absolute Gasteiger partial charge is 0.326 e. The van der Waals surface area contributed by atoms with E-state index in [4.69, 9.17) is 0 Å². The molecular formula is C18H30N2O4. The number of amides is 2. The molecule has 2 aliphatic carbocycles. The van der Waals surface area contributed by atoms with E-state index in [2.05, 4.69) is 5.32 Å². The van der Waals surface area contributed by atoms with Gasteiger partial charge in [-0.1, -0.05) is 25.7 Å². The first-order valence-corrected chi connectivity index (χ1v) is 9.18. The molecule has 0 aromatic rings. The van der Waals surface area contributed by atoms with Gasteiger partial charge in [0.15, 0.2) is 0 Å². The third-order valence-corrected chi connectivity index (χ3v) is 5.72. The van der Waals surface area contributed by atoms with Gasteiger partial charge < -0.3 is 15.3 Å². The molecule has 0 saturated heterocycles. The van der Waals surface area contributed by atoms with Gasteiger partial charge in [-0.2, -0.15) is 0 Å². The Labute approximate surface area is 144 Å². The van der Waals surface area contributed by atoms with Gasteiger partial charge in [-0.05, 0) is 38.0 Å². The molecule has 2 amide bonds. The molecule has 136 valence electrons. The van der Waals surface area contributed by atoms with E-state index in [0.717, 1.165) is 25.2 Å². The van der Waals surface area contributed by atoms with Crippen LogP contribution in [0.3, 0.4) is 0 Å². The lowest BCUT2D eigenvalue weighted by Gasteiger charge is -2.40. The van der Waals surface area contributed by atoms with Crippen molar-refractivity contribution in [1.82, 2.24) is 10.2 Å². The van der Waals surface area contributed by atoms with E-state index in [1.54, 1.807) is 6.92 Å². The van der Waals surface area contributed by atoms with Crippen molar-refractivity contribution in [3.05, 3.63) is 0 Å². The molecule has 24 heavy (non-hydrogen) atoms. The molecule has 0 heterocycles. The number of carbonyl (C=O) groups excluding carboxylic acids is 2. The number of hydrogen-bond donors (Lipinski definition) is 2. The van der Waals surface area contributed by atoms with Gasteiger partial charge in [0.05, 0.1) is 0 Å². The molecule has 4 unspecified atom stereocenters. The second-order valence-electron chi connectivity index (χ2n) is 7.34. The van der Waals surface area contributed by atoms with Crippen LogP contribution in [0.15, 0.2) is 0 Å². The Hall–Kier alpha value is -1.59. The topological polar surface area (TPSA) is 86.7 Å². The Kier molecular flexibility index (Phi) is 6.63. The van der Waals surface area contributed by atoms with Crippen LogP contribution in [-0.2, 0) is 14.4 Å². The van der Waals surface area contributed by atoms with Crippen molar-refractivity contribution in [2.24, 2.45) is 17.8 Å². The van der Waals surface area contributed by atoms with Gasteiger partial charge in [-0.15, -0.1) is 0 Å². The first-order valence-electron chi connectivity index (χ1n) is 9.18. The number of aliphatic carboxylic acids is 1. The number of rotatable bonds is 6. The van der Waals surface area contributed by atoms with Gasteiger partial charge >= 0.3 is 5.97 Å². The highest BCUT2D eigenvalue weighted by atomic mass is 16.4. The summed E-state index contributed by atoms with van der Waals surface area (Å²) in [7, 11) is 0. The maximum atomic E-state index is 12.9. The minimum Gasteiger partial charge on any atom is -0.480 e. The number of carbonyl (C=O) groups is 3. The van der Waals surface area contributed by atoms with E-state index in [-0.39, 0.29) is 30.8 Å². The van der Waals surface area contributed by atoms with Gasteiger partial charge in [0, 0.05) is 25.9 Å². The Balaban J connectivity index is 2.00. The molecule has 6 heteroatoms. The number of fused-ring (bicyclic) bond motifs is 1. The van der Waals surface area contributed by atoms with Crippen molar-refractivity contribution >= 4 is 17.8 Å². The Bertz CT molecular complexity index is 480. The summed E-state index contributed by atoms with van der Waals surface area (Å²) in [6.07, 6.45) is 7.88. The molecule has 0 aromatic carbocycles. The third-order valence-electron chi connectivity index (χ3n) is 5.72. The first kappa shape index (κ1) is 18.7. The Morgan fingerprint density at radius 1 is 1.12 bits per heavy atom. The van der Waals surface area contributed by atoms with E-state index >= 15 is 0 Å². The quantitative estimate of drug-likeness (QED) is 0.776. The normalized spacial score (nSPS) is 27.7. The zero-order valence-corrected chi connectivity index (χ0v) is 14.8. The largest absolute Gasteiger partial charge is 0.480 e. The second kappa shape index (κ2) is 8.49. The summed E-state index contributed by atoms with van der Waals surface area (Å²) in [4.78, 5) is 36.8. The second-order valence-corrected chi connectivity index (χ2v) is 7.34. The summed E-state index contributed by atoms with van der Waals surface area (Å²) < 4.78 is 0. The van der Waals surface area contributed by atoms with E-state index in [1.807, 2.05) is 0 Å². The van der Waals surface area contributed by atoms with Gasteiger partial charge in [-0.3, -0.25) is 9.59 Å². The van der Waals surface area contributed by atoms with Crippen LogP contribution >= 0.6 is 0 Å². The standard InChI is InChI=1S/C18H30N2O4/c1-12(18(23)24)20(10-9-19-13(2)21)17(22)16-8-7-14-5-3-4-6-15(14)11-16/h12,14-16H,3-11H2,1-2H3,(H,19,21)(H,23,24). The van der Waals surface area contributed by atoms with Crippen LogP contribution in [0.2, 0.25) is 0 Å². The molecule has 2 N–H and O–H groups in total. The lowest BCUT2D eigenvalue weighted by atomic mass is 9.67. The lowest BCUT2D eigenvalue weighted by Crippen LogP contribution is -2.50. The zero-order chi connectivity index (χ0) is 17.7. The number of nitrogens with one attached hydrogen (secondary N) is 1. The van der Waals surface area contributed by atoms with Crippen LogP contribution < -0.4 is 5.32 Å². The molecule has 0 bridgehead atoms. The minimum atomic E-state index is -1.00. The van der Waals surface area contributed by atoms with E-state index in [9.17, 15) is 19.5 Å². The summed E-state index contributed by atoms with van der Waals surface area (Å²) in [5, 5.41) is 12.0. The Morgan fingerprint density at radius 2 is 1.79 bits per heavy atom. The highest BCUT2D eigenvalue weighted by Gasteiger charge is 2.38. The summed E-state index contributed by atoms with van der Waals surface area (Å²) in [6.45, 7) is 3.49. The minimum absolute atomic E-state index is 0.0562. The number of nitrogens with zero attached hydrogens (tertiary/aromatic N) is 1. The number of carboxylic acid groups (broad SMARTS) is 1. The van der Waals surface area contributed by atoms with Crippen LogP contribution in [0.25, 0.3) is 0 Å². The number of carboxylic acids is 1. The monoisotopic (exact) mass is 338 g/mol. The summed E-state index contributed by atoms with van der Waals surface area (Å²) in [5.74, 6) is 0.0830. The maximum absolute atomic E-state index is 12.9.